The second-order valence-electron chi connectivity index (χ2n) is 9.39. The average Bonchev–Trinajstić information content (AvgIpc) is 2.91. The fourth-order valence-corrected chi connectivity index (χ4v) is 5.94. The lowest BCUT2D eigenvalue weighted by atomic mass is 10.0. The van der Waals surface area contributed by atoms with Crippen LogP contribution in [0.5, 0.6) is 5.75 Å². The number of hydrogen-bond donors (Lipinski definition) is 5. The quantitative estimate of drug-likeness (QED) is 0.159. The van der Waals surface area contributed by atoms with E-state index in [1.165, 1.54) is 4.31 Å². The zero-order chi connectivity index (χ0) is 28.2. The van der Waals surface area contributed by atoms with Crippen molar-refractivity contribution < 1.29 is 13.2 Å². The zero-order valence-corrected chi connectivity index (χ0v) is 23.5. The van der Waals surface area contributed by atoms with E-state index in [0.29, 0.717) is 22.8 Å². The number of benzene rings is 3. The Kier molecular flexibility index (Phi) is 8.56. The molecule has 0 aliphatic carbocycles. The summed E-state index contributed by atoms with van der Waals surface area (Å²) >= 11 is 5.08. The number of nitrogens with two attached hydrogens (primary N) is 1. The van der Waals surface area contributed by atoms with Crippen molar-refractivity contribution in [3.63, 3.8) is 0 Å². The van der Waals surface area contributed by atoms with Gasteiger partial charge < -0.3 is 20.7 Å². The van der Waals surface area contributed by atoms with Gasteiger partial charge in [-0.2, -0.15) is 8.42 Å². The number of nitrogens with one attached hydrogen (secondary N) is 4. The van der Waals surface area contributed by atoms with E-state index in [0.717, 1.165) is 42.3 Å². The van der Waals surface area contributed by atoms with Crippen molar-refractivity contribution in [3.8, 4) is 5.75 Å². The second-order valence-corrected chi connectivity index (χ2v) is 11.4. The number of anilines is 1. The summed E-state index contributed by atoms with van der Waals surface area (Å²) in [6.07, 6.45) is 1.67. The zero-order valence-electron chi connectivity index (χ0n) is 21.9. The molecule has 12 heteroatoms. The molecule has 1 fully saturated rings. The van der Waals surface area contributed by atoms with Gasteiger partial charge in [-0.1, -0.05) is 24.3 Å². The van der Waals surface area contributed by atoms with Crippen LogP contribution in [0.3, 0.4) is 0 Å². The topological polar surface area (TPSA) is 148 Å². The maximum Gasteiger partial charge on any atom is 0.326 e. The number of rotatable bonds is 8. The summed E-state index contributed by atoms with van der Waals surface area (Å²) in [6, 6.07) is 18.1. The fraction of sp³-hybridized carbons (Fsp3) is 0.296. The lowest BCUT2D eigenvalue weighted by Crippen LogP contribution is -2.46. The summed E-state index contributed by atoms with van der Waals surface area (Å²) in [6.45, 7) is 3.39. The van der Waals surface area contributed by atoms with Gasteiger partial charge in [-0.05, 0) is 71.9 Å². The molecule has 1 aliphatic heterocycles. The number of thiocarbonyl (C=S) groups is 1. The van der Waals surface area contributed by atoms with Crippen LogP contribution in [0.1, 0.15) is 30.9 Å². The van der Waals surface area contributed by atoms with Crippen LogP contribution in [0.2, 0.25) is 0 Å². The van der Waals surface area contributed by atoms with Crippen LogP contribution in [-0.2, 0) is 16.8 Å². The number of likely N-dealkylation sites (tertiary alicyclic amines) is 1. The van der Waals surface area contributed by atoms with Crippen molar-refractivity contribution in [3.05, 3.63) is 71.8 Å². The van der Waals surface area contributed by atoms with Crippen LogP contribution in [0.25, 0.3) is 10.8 Å². The van der Waals surface area contributed by atoms with Gasteiger partial charge in [0.1, 0.15) is 17.7 Å². The molecule has 0 unspecified atom stereocenters. The molecule has 0 saturated carbocycles. The molecule has 0 aromatic heterocycles. The number of nitrogen functional groups attached to an aromatic ring is 1. The molecule has 1 heterocycles. The van der Waals surface area contributed by atoms with E-state index in [1.54, 1.807) is 44.3 Å². The van der Waals surface area contributed by atoms with Gasteiger partial charge in [0.15, 0.2) is 5.11 Å². The molecule has 10 nitrogen and oxygen atoms in total. The van der Waals surface area contributed by atoms with E-state index in [-0.39, 0.29) is 23.6 Å². The highest BCUT2D eigenvalue weighted by molar-refractivity contribution is 7.93. The predicted octanol–water partition coefficient (Wildman–Crippen LogP) is 3.31. The highest BCUT2D eigenvalue weighted by Gasteiger charge is 2.25. The first kappa shape index (κ1) is 28.1. The van der Waals surface area contributed by atoms with E-state index in [2.05, 4.69) is 10.0 Å². The molecule has 0 radical (unpaired) electrons. The van der Waals surface area contributed by atoms with Crippen LogP contribution >= 0.6 is 12.2 Å². The molecule has 1 saturated heterocycles. The Bertz CT molecular complexity index is 1490. The van der Waals surface area contributed by atoms with Crippen LogP contribution in [-0.4, -0.2) is 56.3 Å². The number of piperidine rings is 1. The Morgan fingerprint density at radius 1 is 1.08 bits per heavy atom. The molecule has 0 spiro atoms. The molecular formula is C27H33N7O3S2. The molecule has 1 aliphatic rings. The summed E-state index contributed by atoms with van der Waals surface area (Å²) in [7, 11) is -2.51. The van der Waals surface area contributed by atoms with Gasteiger partial charge >= 0.3 is 10.2 Å². The first-order valence-corrected chi connectivity index (χ1v) is 14.4. The third-order valence-electron chi connectivity index (χ3n) is 6.62. The summed E-state index contributed by atoms with van der Waals surface area (Å²) in [5.74, 6) is 1.19. The normalized spacial score (nSPS) is 14.1. The van der Waals surface area contributed by atoms with Crippen LogP contribution in [0, 0.1) is 10.8 Å². The molecule has 0 amide bonds. The lowest BCUT2D eigenvalue weighted by Gasteiger charge is -2.33. The minimum Gasteiger partial charge on any atom is -0.490 e. The molecule has 6 N–H and O–H groups in total. The Hall–Kier alpha value is -3.90. The number of nitrogens with zero attached hydrogens (tertiary/aromatic N) is 2. The maximum absolute atomic E-state index is 13.4. The molecule has 3 aromatic rings. The van der Waals surface area contributed by atoms with Crippen molar-refractivity contribution in [1.82, 2.24) is 14.9 Å². The summed E-state index contributed by atoms with van der Waals surface area (Å²) in [4.78, 5) is 2.03. The predicted molar refractivity (Wildman–Crippen MR) is 160 cm³/mol. The number of ether oxygens (including phenoxy) is 1. The first-order valence-electron chi connectivity index (χ1n) is 12.5. The van der Waals surface area contributed by atoms with E-state index in [1.807, 2.05) is 35.2 Å². The van der Waals surface area contributed by atoms with Gasteiger partial charge in [-0.15, -0.1) is 0 Å². The smallest absolute Gasteiger partial charge is 0.326 e. The Morgan fingerprint density at radius 2 is 1.74 bits per heavy atom. The number of hydrogen-bond acceptors (Lipinski definition) is 6. The monoisotopic (exact) mass is 567 g/mol. The summed E-state index contributed by atoms with van der Waals surface area (Å²) < 4.78 is 36.6. The first-order chi connectivity index (χ1) is 18.6. The van der Waals surface area contributed by atoms with Crippen LogP contribution in [0.15, 0.2) is 60.7 Å². The molecule has 206 valence electrons. The van der Waals surface area contributed by atoms with Gasteiger partial charge in [-0.3, -0.25) is 10.8 Å². The number of fused-ring (bicyclic) bond motifs is 1. The third kappa shape index (κ3) is 6.95. The number of amidine groups is 2. The lowest BCUT2D eigenvalue weighted by molar-refractivity contribution is 0.130. The summed E-state index contributed by atoms with van der Waals surface area (Å²) in [5, 5.41) is 19.9. The summed E-state index contributed by atoms with van der Waals surface area (Å²) in [5.41, 5.74) is 7.44. The van der Waals surface area contributed by atoms with Gasteiger partial charge in [0, 0.05) is 38.5 Å². The van der Waals surface area contributed by atoms with E-state index in [4.69, 9.17) is 33.5 Å². The largest absolute Gasteiger partial charge is 0.490 e. The minimum atomic E-state index is -4.06. The van der Waals surface area contributed by atoms with E-state index in [9.17, 15) is 8.42 Å². The molecule has 3 aromatic carbocycles. The molecule has 39 heavy (non-hydrogen) atoms. The van der Waals surface area contributed by atoms with Gasteiger partial charge in [0.05, 0.1) is 18.1 Å². The van der Waals surface area contributed by atoms with Gasteiger partial charge in [0.2, 0.25) is 0 Å². The maximum atomic E-state index is 13.4. The second kappa shape index (κ2) is 11.9. The molecular weight excluding hydrogens is 534 g/mol. The highest BCUT2D eigenvalue weighted by atomic mass is 32.2. The van der Waals surface area contributed by atoms with Gasteiger partial charge in [-0.25, -0.2) is 9.03 Å². The Labute approximate surface area is 234 Å². The standard InChI is InChI=1S/C27H33N7O3S2/c1-18(28)33-13-11-25(12-14-33)37-24-9-7-23(8-10-24)34(39(35,36)32-27(38)31-2)17-19-3-4-20-5-6-21(26(29)30)16-22(20)15-19/h3-10,15-16,25,28H,11-14,17H2,1-2H3,(H3,29,30)(H2,31,32,38). The minimum absolute atomic E-state index is 0.0175. The van der Waals surface area contributed by atoms with E-state index < -0.39 is 10.2 Å². The van der Waals surface area contributed by atoms with Crippen LogP contribution in [0.4, 0.5) is 5.69 Å². The third-order valence-corrected chi connectivity index (χ3v) is 8.44. The Morgan fingerprint density at radius 3 is 2.36 bits per heavy atom. The van der Waals surface area contributed by atoms with Crippen LogP contribution < -0.4 is 24.8 Å². The van der Waals surface area contributed by atoms with Crippen molar-refractivity contribution in [2.45, 2.75) is 32.4 Å². The average molecular weight is 568 g/mol. The van der Waals surface area contributed by atoms with Crippen molar-refractivity contribution in [1.29, 1.82) is 10.8 Å². The van der Waals surface area contributed by atoms with Crippen molar-refractivity contribution in [2.24, 2.45) is 5.73 Å². The van der Waals surface area contributed by atoms with E-state index >= 15 is 0 Å². The van der Waals surface area contributed by atoms with Crippen molar-refractivity contribution >= 4 is 55.7 Å². The molecule has 0 bridgehead atoms. The molecule has 4 rings (SSSR count). The fourth-order valence-electron chi connectivity index (χ4n) is 4.46. The highest BCUT2D eigenvalue weighted by Crippen LogP contribution is 2.27. The Balaban J connectivity index is 1.58. The van der Waals surface area contributed by atoms with Crippen molar-refractivity contribution in [2.75, 3.05) is 24.4 Å². The van der Waals surface area contributed by atoms with Gasteiger partial charge in [0.25, 0.3) is 0 Å². The molecule has 0 atom stereocenters. The SMILES string of the molecule is CNC(=S)NS(=O)(=O)N(Cc1ccc2ccc(C(=N)N)cc2c1)c1ccc(OC2CCN(C(C)=N)CC2)cc1.